The van der Waals surface area contributed by atoms with Gasteiger partial charge >= 0.3 is 0 Å². The lowest BCUT2D eigenvalue weighted by atomic mass is 10.0. The lowest BCUT2D eigenvalue weighted by Crippen LogP contribution is -2.48. The van der Waals surface area contributed by atoms with Crippen LogP contribution >= 0.6 is 0 Å². The summed E-state index contributed by atoms with van der Waals surface area (Å²) in [6.45, 7) is 4.19. The largest absolute Gasteiger partial charge is 0.394 e. The Morgan fingerprint density at radius 2 is 0.651 bits per heavy atom. The summed E-state index contributed by atoms with van der Waals surface area (Å²) in [5.41, 5.74) is 0. The number of carbonyl (C=O) groups is 1. The van der Waals surface area contributed by atoms with Crippen molar-refractivity contribution < 1.29 is 20.1 Å². The molecule has 63 heavy (non-hydrogen) atoms. The first-order valence-corrected chi connectivity index (χ1v) is 28.3. The van der Waals surface area contributed by atoms with Crippen LogP contribution in [0.15, 0.2) is 36.5 Å². The van der Waals surface area contributed by atoms with Crippen molar-refractivity contribution in [2.45, 2.75) is 321 Å². The van der Waals surface area contributed by atoms with Crippen molar-refractivity contribution in [3.63, 3.8) is 0 Å². The van der Waals surface area contributed by atoms with E-state index in [1.54, 1.807) is 6.08 Å². The minimum Gasteiger partial charge on any atom is -0.394 e. The van der Waals surface area contributed by atoms with E-state index in [0.717, 1.165) is 44.9 Å². The SMILES string of the molecule is CCCCCCCCC/C=C/CC/C=C/CC/C=C/C(O)C(CO)NC(=O)C(O)CCCCCCCCCCCCCCCCCCCCCCCCCCCCCCCCCC. The van der Waals surface area contributed by atoms with Gasteiger partial charge < -0.3 is 20.6 Å². The van der Waals surface area contributed by atoms with E-state index in [-0.39, 0.29) is 6.61 Å². The van der Waals surface area contributed by atoms with Crippen LogP contribution in [0, 0.1) is 0 Å². The van der Waals surface area contributed by atoms with Gasteiger partial charge in [0.25, 0.3) is 0 Å². The Bertz CT molecular complexity index is 978. The average Bonchev–Trinajstić information content (AvgIpc) is 3.29. The standard InChI is InChI=1S/C58H111NO4/c1-3-5-7-9-11-13-15-17-19-21-22-23-24-25-26-27-28-29-30-31-32-33-34-35-37-39-41-43-45-47-49-51-53-57(62)58(63)59-55(54-60)56(61)52-50-48-46-44-42-40-38-36-20-18-16-14-12-10-8-6-4-2/h20,36,42,44,50,52,55-57,60-62H,3-19,21-35,37-41,43,45-49,51,53-54H2,1-2H3,(H,59,63)/b36-20+,44-42+,52-50+. The molecular formula is C58H111NO4. The highest BCUT2D eigenvalue weighted by atomic mass is 16.3. The van der Waals surface area contributed by atoms with E-state index >= 15 is 0 Å². The third-order valence-electron chi connectivity index (χ3n) is 13.2. The molecule has 0 aromatic heterocycles. The van der Waals surface area contributed by atoms with E-state index in [0.29, 0.717) is 6.42 Å². The topological polar surface area (TPSA) is 89.8 Å². The molecule has 3 atom stereocenters. The fourth-order valence-corrected chi connectivity index (χ4v) is 8.81. The summed E-state index contributed by atoms with van der Waals surface area (Å²) in [5, 5.41) is 33.3. The van der Waals surface area contributed by atoms with Crippen LogP contribution in [0.2, 0.25) is 0 Å². The zero-order valence-electron chi connectivity index (χ0n) is 42.5. The fraction of sp³-hybridized carbons (Fsp3) is 0.879. The molecule has 372 valence electrons. The molecule has 0 radical (unpaired) electrons. The molecule has 0 aliphatic carbocycles. The van der Waals surface area contributed by atoms with Gasteiger partial charge in [0.05, 0.1) is 18.8 Å². The maximum absolute atomic E-state index is 12.5. The molecule has 0 heterocycles. The molecule has 3 unspecified atom stereocenters. The van der Waals surface area contributed by atoms with Gasteiger partial charge in [0.2, 0.25) is 5.91 Å². The normalized spacial score (nSPS) is 13.5. The molecule has 0 rings (SSSR count). The van der Waals surface area contributed by atoms with Crippen LogP contribution in [0.3, 0.4) is 0 Å². The van der Waals surface area contributed by atoms with Gasteiger partial charge in [0, 0.05) is 0 Å². The number of rotatable bonds is 52. The van der Waals surface area contributed by atoms with Gasteiger partial charge in [0.1, 0.15) is 6.10 Å². The third-order valence-corrected chi connectivity index (χ3v) is 13.2. The number of hydrogen-bond acceptors (Lipinski definition) is 4. The first-order valence-electron chi connectivity index (χ1n) is 28.3. The fourth-order valence-electron chi connectivity index (χ4n) is 8.81. The van der Waals surface area contributed by atoms with Crippen molar-refractivity contribution in [2.75, 3.05) is 6.61 Å². The molecule has 5 heteroatoms. The Morgan fingerprint density at radius 1 is 0.381 bits per heavy atom. The second-order valence-corrected chi connectivity index (χ2v) is 19.5. The summed E-state index contributed by atoms with van der Waals surface area (Å²) in [6, 6.07) is -0.819. The molecule has 0 saturated carbocycles. The van der Waals surface area contributed by atoms with Gasteiger partial charge in [-0.15, -0.1) is 0 Å². The Balaban J connectivity index is 3.53. The second-order valence-electron chi connectivity index (χ2n) is 19.5. The lowest BCUT2D eigenvalue weighted by molar-refractivity contribution is -0.131. The summed E-state index contributed by atoms with van der Waals surface area (Å²) < 4.78 is 0. The molecular weight excluding hydrogens is 775 g/mol. The van der Waals surface area contributed by atoms with Crippen LogP contribution in [0.4, 0.5) is 0 Å². The van der Waals surface area contributed by atoms with Crippen molar-refractivity contribution in [1.82, 2.24) is 5.32 Å². The average molecular weight is 887 g/mol. The van der Waals surface area contributed by atoms with E-state index in [4.69, 9.17) is 0 Å². The van der Waals surface area contributed by atoms with E-state index in [2.05, 4.69) is 43.5 Å². The summed E-state index contributed by atoms with van der Waals surface area (Å²) in [5.74, 6) is -0.512. The van der Waals surface area contributed by atoms with E-state index in [1.165, 1.54) is 238 Å². The Hall–Kier alpha value is -1.43. The summed E-state index contributed by atoms with van der Waals surface area (Å²) in [4.78, 5) is 12.5. The summed E-state index contributed by atoms with van der Waals surface area (Å²) in [7, 11) is 0. The quantitative estimate of drug-likeness (QED) is 0.0362. The molecule has 0 bridgehead atoms. The number of aliphatic hydroxyl groups excluding tert-OH is 3. The minimum atomic E-state index is -1.11. The van der Waals surface area contributed by atoms with Gasteiger partial charge in [-0.05, 0) is 44.9 Å². The first kappa shape index (κ1) is 61.6. The number of aliphatic hydroxyl groups is 3. The number of carbonyl (C=O) groups excluding carboxylic acids is 1. The zero-order valence-corrected chi connectivity index (χ0v) is 42.5. The molecule has 4 N–H and O–H groups in total. The highest BCUT2D eigenvalue weighted by molar-refractivity contribution is 5.80. The van der Waals surface area contributed by atoms with Gasteiger partial charge in [-0.3, -0.25) is 4.79 Å². The second kappa shape index (κ2) is 53.2. The molecule has 0 aliphatic rings. The Kier molecular flexibility index (Phi) is 52.0. The smallest absolute Gasteiger partial charge is 0.249 e. The van der Waals surface area contributed by atoms with Crippen LogP contribution < -0.4 is 5.32 Å². The van der Waals surface area contributed by atoms with Gasteiger partial charge in [-0.2, -0.15) is 0 Å². The lowest BCUT2D eigenvalue weighted by Gasteiger charge is -2.21. The number of nitrogens with one attached hydrogen (secondary N) is 1. The van der Waals surface area contributed by atoms with Crippen LogP contribution in [0.1, 0.15) is 303 Å². The maximum atomic E-state index is 12.5. The van der Waals surface area contributed by atoms with Crippen molar-refractivity contribution in [1.29, 1.82) is 0 Å². The molecule has 1 amide bonds. The predicted octanol–water partition coefficient (Wildman–Crippen LogP) is 17.4. The van der Waals surface area contributed by atoms with E-state index in [9.17, 15) is 20.1 Å². The number of allylic oxidation sites excluding steroid dienone is 5. The minimum absolute atomic E-state index is 0.379. The van der Waals surface area contributed by atoms with E-state index < -0.39 is 24.2 Å². The predicted molar refractivity (Wildman–Crippen MR) is 278 cm³/mol. The van der Waals surface area contributed by atoms with Crippen molar-refractivity contribution >= 4 is 5.91 Å². The molecule has 0 saturated heterocycles. The molecule has 0 spiro atoms. The van der Waals surface area contributed by atoms with Crippen molar-refractivity contribution in [2.24, 2.45) is 0 Å². The number of amides is 1. The van der Waals surface area contributed by atoms with Gasteiger partial charge in [-0.25, -0.2) is 0 Å². The molecule has 0 fully saturated rings. The molecule has 0 aromatic carbocycles. The van der Waals surface area contributed by atoms with Crippen LogP contribution in [-0.2, 0) is 4.79 Å². The monoisotopic (exact) mass is 886 g/mol. The highest BCUT2D eigenvalue weighted by Gasteiger charge is 2.22. The molecule has 5 nitrogen and oxygen atoms in total. The Labute approximate surface area is 394 Å². The van der Waals surface area contributed by atoms with E-state index in [1.807, 2.05) is 6.08 Å². The maximum Gasteiger partial charge on any atom is 0.249 e. The third kappa shape index (κ3) is 48.3. The van der Waals surface area contributed by atoms with Crippen LogP contribution in [-0.4, -0.2) is 46.1 Å². The number of hydrogen-bond donors (Lipinski definition) is 4. The summed E-state index contributed by atoms with van der Waals surface area (Å²) in [6.07, 6.45) is 69.5. The first-order chi connectivity index (χ1) is 31.1. The van der Waals surface area contributed by atoms with Gasteiger partial charge in [-0.1, -0.05) is 294 Å². The van der Waals surface area contributed by atoms with Crippen molar-refractivity contribution in [3.05, 3.63) is 36.5 Å². The molecule has 0 aromatic rings. The van der Waals surface area contributed by atoms with Crippen LogP contribution in [0.25, 0.3) is 0 Å². The zero-order chi connectivity index (χ0) is 45.8. The summed E-state index contributed by atoms with van der Waals surface area (Å²) >= 11 is 0. The molecule has 0 aliphatic heterocycles. The Morgan fingerprint density at radius 3 is 0.968 bits per heavy atom. The van der Waals surface area contributed by atoms with Gasteiger partial charge in [0.15, 0.2) is 0 Å². The van der Waals surface area contributed by atoms with Crippen molar-refractivity contribution in [3.8, 4) is 0 Å². The van der Waals surface area contributed by atoms with Crippen LogP contribution in [0.5, 0.6) is 0 Å². The highest BCUT2D eigenvalue weighted by Crippen LogP contribution is 2.18. The number of unbranched alkanes of at least 4 members (excludes halogenated alkanes) is 40.